The minimum atomic E-state index is -0.763. The molecule has 0 saturated carbocycles. The van der Waals surface area contributed by atoms with Crippen molar-refractivity contribution in [1.29, 1.82) is 0 Å². The Bertz CT molecular complexity index is 1100. The smallest absolute Gasteiger partial charge is 0.330 e. The Balaban J connectivity index is 2.09. The molecular weight excluding hydrogens is 380 g/mol. The van der Waals surface area contributed by atoms with Gasteiger partial charge in [0.2, 0.25) is 11.8 Å². The number of aromatic hydroxyl groups is 1. The van der Waals surface area contributed by atoms with E-state index in [1.54, 1.807) is 25.1 Å². The van der Waals surface area contributed by atoms with Crippen molar-refractivity contribution in [3.63, 3.8) is 0 Å². The SMILES string of the molecule is CCC(=O)N1N=C(c2c(O)n(C)c(=O)[nH]c2=O)CC1c1ccc(OC)c(OC)c1. The number of nitrogens with one attached hydrogen (secondary N) is 1. The van der Waals surface area contributed by atoms with Crippen molar-refractivity contribution in [2.24, 2.45) is 12.1 Å². The quantitative estimate of drug-likeness (QED) is 0.765. The fourth-order valence-corrected chi connectivity index (χ4v) is 3.24. The van der Waals surface area contributed by atoms with Crippen LogP contribution in [0.2, 0.25) is 0 Å². The molecule has 0 saturated heterocycles. The molecular formula is C19H22N4O6. The minimum Gasteiger partial charge on any atom is -0.494 e. The Kier molecular flexibility index (Phi) is 5.44. The Morgan fingerprint density at radius 2 is 1.97 bits per heavy atom. The van der Waals surface area contributed by atoms with E-state index in [0.717, 1.165) is 10.1 Å². The number of benzene rings is 1. The summed E-state index contributed by atoms with van der Waals surface area (Å²) < 4.78 is 11.5. The highest BCUT2D eigenvalue weighted by atomic mass is 16.5. The van der Waals surface area contributed by atoms with Gasteiger partial charge in [-0.15, -0.1) is 0 Å². The standard InChI is InChI=1S/C19H22N4O6/c1-5-15(24)23-12(10-6-7-13(28-3)14(8-10)29-4)9-11(21-23)16-17(25)20-19(27)22(2)18(16)26/h6-8,12,26H,5,9H2,1-4H3,(H,20,25,27). The molecule has 1 unspecified atom stereocenters. The van der Waals surface area contributed by atoms with Crippen LogP contribution in [-0.2, 0) is 11.8 Å². The van der Waals surface area contributed by atoms with Gasteiger partial charge in [-0.2, -0.15) is 5.10 Å². The molecule has 1 aromatic carbocycles. The molecule has 1 aromatic heterocycles. The molecule has 1 aliphatic rings. The summed E-state index contributed by atoms with van der Waals surface area (Å²) in [6, 6.07) is 4.74. The maximum atomic E-state index is 12.5. The van der Waals surface area contributed by atoms with Crippen molar-refractivity contribution in [1.82, 2.24) is 14.6 Å². The van der Waals surface area contributed by atoms with Gasteiger partial charge in [-0.25, -0.2) is 9.80 Å². The monoisotopic (exact) mass is 402 g/mol. The van der Waals surface area contributed by atoms with Crippen molar-refractivity contribution in [2.75, 3.05) is 14.2 Å². The number of H-pyrrole nitrogens is 1. The van der Waals surface area contributed by atoms with E-state index in [4.69, 9.17) is 9.47 Å². The lowest BCUT2D eigenvalue weighted by molar-refractivity contribution is -0.132. The summed E-state index contributed by atoms with van der Waals surface area (Å²) in [5.41, 5.74) is -0.706. The predicted octanol–water partition coefficient (Wildman–Crippen LogP) is 0.884. The van der Waals surface area contributed by atoms with Crippen LogP contribution in [0.1, 0.15) is 36.9 Å². The summed E-state index contributed by atoms with van der Waals surface area (Å²) >= 11 is 0. The zero-order valence-corrected chi connectivity index (χ0v) is 16.6. The van der Waals surface area contributed by atoms with Crippen molar-refractivity contribution in [3.8, 4) is 17.4 Å². The number of amides is 1. The number of rotatable bonds is 5. The lowest BCUT2D eigenvalue weighted by Gasteiger charge is -2.22. The molecule has 10 heteroatoms. The molecule has 0 radical (unpaired) electrons. The van der Waals surface area contributed by atoms with Gasteiger partial charge in [0.25, 0.3) is 5.56 Å². The van der Waals surface area contributed by atoms with Gasteiger partial charge < -0.3 is 14.6 Å². The lowest BCUT2D eigenvalue weighted by atomic mass is 9.98. The number of carbonyl (C=O) groups is 1. The average Bonchev–Trinajstić information content (AvgIpc) is 3.15. The third-order valence-electron chi connectivity index (χ3n) is 4.84. The number of hydrazone groups is 1. The molecule has 2 heterocycles. The van der Waals surface area contributed by atoms with Crippen molar-refractivity contribution in [3.05, 3.63) is 50.2 Å². The van der Waals surface area contributed by atoms with Gasteiger partial charge in [0.15, 0.2) is 11.5 Å². The summed E-state index contributed by atoms with van der Waals surface area (Å²) in [5.74, 6) is 0.274. The van der Waals surface area contributed by atoms with E-state index < -0.39 is 23.2 Å². The van der Waals surface area contributed by atoms with Crippen molar-refractivity contribution < 1.29 is 19.4 Å². The first-order valence-corrected chi connectivity index (χ1v) is 8.96. The highest BCUT2D eigenvalue weighted by molar-refractivity contribution is 6.04. The minimum absolute atomic E-state index is 0.135. The highest BCUT2D eigenvalue weighted by Gasteiger charge is 2.35. The molecule has 3 rings (SSSR count). The van der Waals surface area contributed by atoms with Gasteiger partial charge in [0.1, 0.15) is 5.56 Å². The first-order valence-electron chi connectivity index (χ1n) is 8.96. The van der Waals surface area contributed by atoms with Crippen LogP contribution in [0.15, 0.2) is 32.9 Å². The molecule has 10 nitrogen and oxygen atoms in total. The molecule has 2 N–H and O–H groups in total. The molecule has 0 fully saturated rings. The van der Waals surface area contributed by atoms with Gasteiger partial charge in [0, 0.05) is 19.9 Å². The molecule has 154 valence electrons. The van der Waals surface area contributed by atoms with Crippen LogP contribution in [0.5, 0.6) is 17.4 Å². The lowest BCUT2D eigenvalue weighted by Crippen LogP contribution is -2.32. The number of hydrogen-bond donors (Lipinski definition) is 2. The van der Waals surface area contributed by atoms with E-state index in [1.165, 1.54) is 26.3 Å². The molecule has 0 spiro atoms. The molecule has 29 heavy (non-hydrogen) atoms. The maximum Gasteiger partial charge on any atom is 0.330 e. The summed E-state index contributed by atoms with van der Waals surface area (Å²) in [4.78, 5) is 38.6. The third kappa shape index (κ3) is 3.48. The van der Waals surface area contributed by atoms with Crippen LogP contribution in [-0.4, -0.2) is 45.5 Å². The number of nitrogens with zero attached hydrogens (tertiary/aromatic N) is 3. The molecule has 0 aliphatic carbocycles. The first-order chi connectivity index (χ1) is 13.8. The van der Waals surface area contributed by atoms with E-state index in [0.29, 0.717) is 11.5 Å². The van der Waals surface area contributed by atoms with Crippen LogP contribution in [0.4, 0.5) is 0 Å². The normalized spacial score (nSPS) is 15.9. The predicted molar refractivity (Wildman–Crippen MR) is 105 cm³/mol. The molecule has 1 amide bonds. The number of ether oxygens (including phenoxy) is 2. The maximum absolute atomic E-state index is 12.5. The number of hydrogen-bond acceptors (Lipinski definition) is 7. The molecule has 1 atom stereocenters. The van der Waals surface area contributed by atoms with Crippen molar-refractivity contribution in [2.45, 2.75) is 25.8 Å². The summed E-state index contributed by atoms with van der Waals surface area (Å²) in [5, 5.41) is 15.9. The van der Waals surface area contributed by atoms with Crippen LogP contribution in [0, 0.1) is 0 Å². The first kappa shape index (κ1) is 20.2. The van der Waals surface area contributed by atoms with Gasteiger partial charge >= 0.3 is 5.69 Å². The second kappa shape index (κ2) is 7.82. The van der Waals surface area contributed by atoms with Gasteiger partial charge in [0.05, 0.1) is 26.0 Å². The van der Waals surface area contributed by atoms with Crippen LogP contribution in [0.3, 0.4) is 0 Å². The fourth-order valence-electron chi connectivity index (χ4n) is 3.24. The van der Waals surface area contributed by atoms with Gasteiger partial charge in [-0.05, 0) is 17.7 Å². The Hall–Kier alpha value is -3.56. The van der Waals surface area contributed by atoms with E-state index in [1.807, 2.05) is 0 Å². The second-order valence-corrected chi connectivity index (χ2v) is 6.49. The van der Waals surface area contributed by atoms with E-state index in [9.17, 15) is 19.5 Å². The topological polar surface area (TPSA) is 126 Å². The summed E-state index contributed by atoms with van der Waals surface area (Å²) in [6.07, 6.45) is 0.381. The Morgan fingerprint density at radius 3 is 2.59 bits per heavy atom. The molecule has 1 aliphatic heterocycles. The van der Waals surface area contributed by atoms with E-state index in [-0.39, 0.29) is 30.0 Å². The van der Waals surface area contributed by atoms with Crippen LogP contribution in [0.25, 0.3) is 0 Å². The number of methoxy groups -OCH3 is 2. The van der Waals surface area contributed by atoms with Crippen molar-refractivity contribution >= 4 is 11.6 Å². The Morgan fingerprint density at radius 1 is 1.28 bits per heavy atom. The van der Waals surface area contributed by atoms with Crippen LogP contribution < -0.4 is 20.7 Å². The van der Waals surface area contributed by atoms with Gasteiger partial charge in [-0.3, -0.25) is 19.1 Å². The average molecular weight is 402 g/mol. The fraction of sp³-hybridized carbons (Fsp3) is 0.368. The molecule has 0 bridgehead atoms. The second-order valence-electron chi connectivity index (χ2n) is 6.49. The van der Waals surface area contributed by atoms with Gasteiger partial charge in [-0.1, -0.05) is 13.0 Å². The number of aromatic amines is 1. The highest BCUT2D eigenvalue weighted by Crippen LogP contribution is 2.37. The zero-order chi connectivity index (χ0) is 21.3. The summed E-state index contributed by atoms with van der Waals surface area (Å²) in [6.45, 7) is 1.71. The Labute approximate surface area is 166 Å². The molecule has 2 aromatic rings. The van der Waals surface area contributed by atoms with E-state index in [2.05, 4.69) is 10.1 Å². The number of aromatic nitrogens is 2. The number of carbonyl (C=O) groups excluding carboxylic acids is 1. The van der Waals surface area contributed by atoms with Crippen LogP contribution >= 0.6 is 0 Å². The zero-order valence-electron chi connectivity index (χ0n) is 16.6. The largest absolute Gasteiger partial charge is 0.494 e. The third-order valence-corrected chi connectivity index (χ3v) is 4.84. The van der Waals surface area contributed by atoms with E-state index >= 15 is 0 Å². The summed E-state index contributed by atoms with van der Waals surface area (Å²) in [7, 11) is 4.36.